The van der Waals surface area contributed by atoms with Crippen molar-refractivity contribution in [3.05, 3.63) is 0 Å². The highest BCUT2D eigenvalue weighted by Crippen LogP contribution is 2.29. The van der Waals surface area contributed by atoms with Crippen molar-refractivity contribution in [3.63, 3.8) is 0 Å². The van der Waals surface area contributed by atoms with E-state index in [1.54, 1.807) is 0 Å². The summed E-state index contributed by atoms with van der Waals surface area (Å²) in [5.74, 6) is -2.14. The Morgan fingerprint density at radius 3 is 2.43 bits per heavy atom. The Bertz CT molecular complexity index is 364. The average molecular weight is 223 g/mol. The molecule has 0 radical (unpaired) electrons. The molecule has 2 atom stereocenters. The Balaban J connectivity index is 2.75. The fraction of sp³-hybridized carbons (Fsp3) is 0.714. The van der Waals surface area contributed by atoms with E-state index < -0.39 is 33.1 Å². The van der Waals surface area contributed by atoms with E-state index in [1.165, 1.54) is 0 Å². The number of hydrogen-bond donors (Lipinski definition) is 1. The lowest BCUT2D eigenvalue weighted by Gasteiger charge is -2.04. The third kappa shape index (κ3) is 2.28. The molecule has 80 valence electrons. The summed E-state index contributed by atoms with van der Waals surface area (Å²) < 4.78 is 33.4. The summed E-state index contributed by atoms with van der Waals surface area (Å²) in [4.78, 5) is 21.7. The van der Waals surface area contributed by atoms with Crippen LogP contribution >= 0.6 is 0 Å². The van der Waals surface area contributed by atoms with Crippen LogP contribution in [0.25, 0.3) is 0 Å². The first kappa shape index (κ1) is 11.1. The molecule has 1 saturated carbocycles. The quantitative estimate of drug-likeness (QED) is 0.653. The number of ketones is 1. The minimum absolute atomic E-state index is 0.0599. The molecular weight excluding hydrogens is 213 g/mol. The van der Waals surface area contributed by atoms with Crippen LogP contribution in [0.2, 0.25) is 0 Å². The number of nitrogens with two attached hydrogens (primary N) is 1. The zero-order valence-electron chi connectivity index (χ0n) is 7.27. The van der Waals surface area contributed by atoms with Crippen LogP contribution in [0.15, 0.2) is 0 Å². The van der Waals surface area contributed by atoms with Gasteiger partial charge in [0, 0.05) is 12.3 Å². The lowest BCUT2D eigenvalue weighted by molar-refractivity contribution is -0.125. The van der Waals surface area contributed by atoms with Gasteiger partial charge in [0.1, 0.15) is 5.25 Å². The van der Waals surface area contributed by atoms with Gasteiger partial charge in [-0.3, -0.25) is 9.59 Å². The third-order valence-electron chi connectivity index (χ3n) is 2.28. The molecule has 1 rings (SSSR count). The largest absolute Gasteiger partial charge is 0.370 e. The van der Waals surface area contributed by atoms with E-state index in [2.05, 4.69) is 0 Å². The van der Waals surface area contributed by atoms with Gasteiger partial charge in [-0.05, 0) is 12.8 Å². The second-order valence-corrected chi connectivity index (χ2v) is 4.83. The summed E-state index contributed by atoms with van der Waals surface area (Å²) in [6.07, 6.45) is -0.0595. The van der Waals surface area contributed by atoms with Gasteiger partial charge in [-0.1, -0.05) is 0 Å². The van der Waals surface area contributed by atoms with Crippen LogP contribution in [0.1, 0.15) is 19.3 Å². The number of halogens is 1. The van der Waals surface area contributed by atoms with Crippen molar-refractivity contribution in [3.8, 4) is 0 Å². The van der Waals surface area contributed by atoms with Gasteiger partial charge in [-0.2, -0.15) is 8.42 Å². The van der Waals surface area contributed by atoms with Gasteiger partial charge in [0.05, 0.1) is 0 Å². The molecule has 2 N–H and O–H groups in total. The Hall–Kier alpha value is -0.980. The molecule has 0 saturated heterocycles. The van der Waals surface area contributed by atoms with Crippen molar-refractivity contribution in [2.24, 2.45) is 11.7 Å². The molecular formula is C7H10FNO4S. The molecule has 1 amide bonds. The number of Topliss-reactive ketones (excluding diaryl/α,β-unsaturated/α-hetero) is 1. The van der Waals surface area contributed by atoms with E-state index in [1.807, 2.05) is 0 Å². The van der Waals surface area contributed by atoms with Gasteiger partial charge < -0.3 is 5.73 Å². The van der Waals surface area contributed by atoms with Gasteiger partial charge in [-0.25, -0.2) is 0 Å². The van der Waals surface area contributed by atoms with Crippen molar-refractivity contribution in [2.75, 3.05) is 0 Å². The number of primary amides is 1. The minimum Gasteiger partial charge on any atom is -0.370 e. The number of amides is 1. The van der Waals surface area contributed by atoms with E-state index >= 15 is 0 Å². The van der Waals surface area contributed by atoms with E-state index in [9.17, 15) is 21.9 Å². The zero-order chi connectivity index (χ0) is 10.9. The van der Waals surface area contributed by atoms with Gasteiger partial charge in [0.25, 0.3) is 0 Å². The number of rotatable bonds is 3. The van der Waals surface area contributed by atoms with Crippen molar-refractivity contribution < 1.29 is 21.9 Å². The molecule has 2 unspecified atom stereocenters. The molecule has 0 heterocycles. The Labute approximate surface area is 80.7 Å². The Kier molecular flexibility index (Phi) is 2.89. The van der Waals surface area contributed by atoms with Crippen molar-refractivity contribution in [1.29, 1.82) is 0 Å². The van der Waals surface area contributed by atoms with E-state index in [-0.39, 0.29) is 19.3 Å². The van der Waals surface area contributed by atoms with E-state index in [4.69, 9.17) is 5.73 Å². The number of carbonyl (C=O) groups excluding carboxylic acids is 2. The molecule has 0 aromatic rings. The first-order valence-corrected chi connectivity index (χ1v) is 5.52. The van der Waals surface area contributed by atoms with Crippen LogP contribution in [0.3, 0.4) is 0 Å². The fourth-order valence-electron chi connectivity index (χ4n) is 1.62. The normalized spacial score (nSPS) is 27.9. The summed E-state index contributed by atoms with van der Waals surface area (Å²) >= 11 is 0. The Morgan fingerprint density at radius 2 is 2.07 bits per heavy atom. The second-order valence-electron chi connectivity index (χ2n) is 3.31. The topological polar surface area (TPSA) is 94.3 Å². The molecule has 14 heavy (non-hydrogen) atoms. The summed E-state index contributed by atoms with van der Waals surface area (Å²) in [6.45, 7) is 0. The molecule has 5 nitrogen and oxygen atoms in total. The molecule has 0 spiro atoms. The maximum absolute atomic E-state index is 12.5. The van der Waals surface area contributed by atoms with Gasteiger partial charge in [-0.15, -0.1) is 3.89 Å². The van der Waals surface area contributed by atoms with Gasteiger partial charge in [0.15, 0.2) is 5.78 Å². The second kappa shape index (κ2) is 3.64. The number of carbonyl (C=O) groups is 2. The van der Waals surface area contributed by atoms with Crippen LogP contribution < -0.4 is 5.73 Å². The van der Waals surface area contributed by atoms with Crippen LogP contribution in [0, 0.1) is 5.92 Å². The highest BCUT2D eigenvalue weighted by molar-refractivity contribution is 7.87. The summed E-state index contributed by atoms with van der Waals surface area (Å²) in [6, 6.07) is 0. The van der Waals surface area contributed by atoms with Crippen molar-refractivity contribution in [1.82, 2.24) is 0 Å². The standard InChI is InChI=1S/C7H10FNO4S/c8-14(12,13)5-2-1-4(7(5)11)3-6(9)10/h4-5H,1-3H2,(H2,9,10). The van der Waals surface area contributed by atoms with Crippen molar-refractivity contribution in [2.45, 2.75) is 24.5 Å². The average Bonchev–Trinajstić information content (AvgIpc) is 2.30. The summed E-state index contributed by atoms with van der Waals surface area (Å²) in [7, 11) is -4.82. The first-order chi connectivity index (χ1) is 6.32. The van der Waals surface area contributed by atoms with E-state index in [0.717, 1.165) is 0 Å². The van der Waals surface area contributed by atoms with Gasteiger partial charge >= 0.3 is 10.2 Å². The predicted molar refractivity (Wildman–Crippen MR) is 45.4 cm³/mol. The van der Waals surface area contributed by atoms with Crippen LogP contribution in [-0.2, 0) is 19.8 Å². The fourth-order valence-corrected chi connectivity index (χ4v) is 2.51. The summed E-state index contributed by atoms with van der Waals surface area (Å²) in [5, 5.41) is -1.59. The highest BCUT2D eigenvalue weighted by Gasteiger charge is 2.42. The van der Waals surface area contributed by atoms with Crippen LogP contribution in [-0.4, -0.2) is 25.4 Å². The lowest BCUT2D eigenvalue weighted by atomic mass is 10.0. The molecule has 1 aliphatic carbocycles. The molecule has 0 aromatic carbocycles. The van der Waals surface area contributed by atoms with Crippen LogP contribution in [0.5, 0.6) is 0 Å². The third-order valence-corrected chi connectivity index (χ3v) is 3.43. The molecule has 1 aliphatic rings. The SMILES string of the molecule is NC(=O)CC1CCC(S(=O)(=O)F)C1=O. The molecule has 7 heteroatoms. The zero-order valence-corrected chi connectivity index (χ0v) is 8.09. The summed E-state index contributed by atoms with van der Waals surface area (Å²) in [5.41, 5.74) is 4.85. The van der Waals surface area contributed by atoms with Crippen LogP contribution in [0.4, 0.5) is 3.89 Å². The number of hydrogen-bond acceptors (Lipinski definition) is 4. The Morgan fingerprint density at radius 1 is 1.50 bits per heavy atom. The molecule has 1 fully saturated rings. The minimum atomic E-state index is -4.82. The first-order valence-electron chi connectivity index (χ1n) is 4.08. The van der Waals surface area contributed by atoms with Gasteiger partial charge in [0.2, 0.25) is 5.91 Å². The van der Waals surface area contributed by atoms with E-state index in [0.29, 0.717) is 0 Å². The maximum Gasteiger partial charge on any atom is 0.312 e. The highest BCUT2D eigenvalue weighted by atomic mass is 32.3. The molecule has 0 aromatic heterocycles. The van der Waals surface area contributed by atoms with Crippen molar-refractivity contribution >= 4 is 21.9 Å². The maximum atomic E-state index is 12.5. The smallest absolute Gasteiger partial charge is 0.312 e. The molecule has 0 aliphatic heterocycles. The lowest BCUT2D eigenvalue weighted by Crippen LogP contribution is -2.27. The predicted octanol–water partition coefficient (Wildman–Crippen LogP) is -0.491. The monoisotopic (exact) mass is 223 g/mol. The molecule has 0 bridgehead atoms.